The molecule has 0 aliphatic rings. The first kappa shape index (κ1) is 16.7. The van der Waals surface area contributed by atoms with E-state index in [1.165, 1.54) is 5.56 Å². The van der Waals surface area contributed by atoms with Crippen molar-refractivity contribution in [3.63, 3.8) is 0 Å². The second-order valence-electron chi connectivity index (χ2n) is 4.91. The molecule has 1 unspecified atom stereocenters. The zero-order chi connectivity index (χ0) is 15.0. The number of amides is 1. The van der Waals surface area contributed by atoms with Crippen molar-refractivity contribution >= 4 is 15.7 Å². The van der Waals surface area contributed by atoms with E-state index in [1.807, 2.05) is 30.3 Å². The van der Waals surface area contributed by atoms with Gasteiger partial charge >= 0.3 is 0 Å². The fourth-order valence-corrected chi connectivity index (χ4v) is 2.43. The lowest BCUT2D eigenvalue weighted by molar-refractivity contribution is -0.122. The van der Waals surface area contributed by atoms with Crippen molar-refractivity contribution in [3.05, 3.63) is 35.9 Å². The van der Waals surface area contributed by atoms with E-state index < -0.39 is 15.9 Å². The molecule has 0 aromatic heterocycles. The molecule has 1 rings (SSSR count). The fraction of sp³-hybridized carbons (Fsp3) is 0.500. The van der Waals surface area contributed by atoms with Gasteiger partial charge in [0.05, 0.1) is 11.8 Å². The highest BCUT2D eigenvalue weighted by Crippen LogP contribution is 2.01. The summed E-state index contributed by atoms with van der Waals surface area (Å²) in [6.45, 7) is 0.542. The summed E-state index contributed by atoms with van der Waals surface area (Å²) in [5.41, 5.74) is 6.87. The van der Waals surface area contributed by atoms with Gasteiger partial charge in [-0.2, -0.15) is 0 Å². The number of sulfone groups is 1. The van der Waals surface area contributed by atoms with Gasteiger partial charge in [0.25, 0.3) is 0 Å². The molecule has 0 aliphatic heterocycles. The molecular weight excluding hydrogens is 276 g/mol. The summed E-state index contributed by atoms with van der Waals surface area (Å²) in [4.78, 5) is 11.6. The fourth-order valence-electron chi connectivity index (χ4n) is 1.75. The summed E-state index contributed by atoms with van der Waals surface area (Å²) in [6.07, 6.45) is 3.01. The Morgan fingerprint density at radius 1 is 1.30 bits per heavy atom. The highest BCUT2D eigenvalue weighted by Gasteiger charge is 2.15. The highest BCUT2D eigenvalue weighted by atomic mass is 32.2. The van der Waals surface area contributed by atoms with Crippen LogP contribution in [0.5, 0.6) is 0 Å². The van der Waals surface area contributed by atoms with E-state index in [1.54, 1.807) is 0 Å². The van der Waals surface area contributed by atoms with Crippen LogP contribution in [0.2, 0.25) is 0 Å². The number of nitrogens with two attached hydrogens (primary N) is 1. The average molecular weight is 298 g/mol. The van der Waals surface area contributed by atoms with Gasteiger partial charge in [-0.3, -0.25) is 4.79 Å². The van der Waals surface area contributed by atoms with Crippen LogP contribution in [0.25, 0.3) is 0 Å². The van der Waals surface area contributed by atoms with Gasteiger partial charge in [0, 0.05) is 12.8 Å². The number of hydrogen-bond acceptors (Lipinski definition) is 4. The van der Waals surface area contributed by atoms with Crippen molar-refractivity contribution in [3.8, 4) is 0 Å². The summed E-state index contributed by atoms with van der Waals surface area (Å²) in [5.74, 6) is -0.354. The van der Waals surface area contributed by atoms with Crippen molar-refractivity contribution in [1.82, 2.24) is 5.32 Å². The third kappa shape index (κ3) is 7.25. The van der Waals surface area contributed by atoms with E-state index in [0.717, 1.165) is 19.1 Å². The maximum absolute atomic E-state index is 11.6. The molecule has 1 atom stereocenters. The Balaban J connectivity index is 2.19. The lowest BCUT2D eigenvalue weighted by Gasteiger charge is -2.11. The molecule has 20 heavy (non-hydrogen) atoms. The van der Waals surface area contributed by atoms with Gasteiger partial charge in [0.2, 0.25) is 5.91 Å². The highest BCUT2D eigenvalue weighted by molar-refractivity contribution is 7.90. The van der Waals surface area contributed by atoms with Crippen LogP contribution in [0.15, 0.2) is 30.3 Å². The molecule has 1 aromatic carbocycles. The maximum Gasteiger partial charge on any atom is 0.236 e. The lowest BCUT2D eigenvalue weighted by atomic mass is 10.1. The molecule has 0 saturated heterocycles. The Labute approximate surface area is 120 Å². The first-order chi connectivity index (χ1) is 9.38. The lowest BCUT2D eigenvalue weighted by Crippen LogP contribution is -2.42. The van der Waals surface area contributed by atoms with Crippen molar-refractivity contribution in [2.24, 2.45) is 5.73 Å². The Morgan fingerprint density at radius 3 is 2.55 bits per heavy atom. The zero-order valence-corrected chi connectivity index (χ0v) is 12.5. The molecule has 0 aliphatic carbocycles. The van der Waals surface area contributed by atoms with Crippen molar-refractivity contribution < 1.29 is 13.2 Å². The Bertz CT molecular complexity index is 514. The molecule has 1 amide bonds. The molecule has 3 N–H and O–H groups in total. The molecule has 0 heterocycles. The Morgan fingerprint density at radius 2 is 1.95 bits per heavy atom. The van der Waals surface area contributed by atoms with E-state index in [4.69, 9.17) is 5.73 Å². The number of carbonyl (C=O) groups excluding carboxylic acids is 1. The molecule has 112 valence electrons. The quantitative estimate of drug-likeness (QED) is 0.684. The molecule has 5 nitrogen and oxygen atoms in total. The third-order valence-electron chi connectivity index (χ3n) is 2.92. The largest absolute Gasteiger partial charge is 0.355 e. The van der Waals surface area contributed by atoms with Crippen LogP contribution in [0.1, 0.15) is 18.4 Å². The van der Waals surface area contributed by atoms with Gasteiger partial charge in [-0.05, 0) is 24.8 Å². The van der Waals surface area contributed by atoms with E-state index in [0.29, 0.717) is 6.54 Å². The Kier molecular flexibility index (Phi) is 6.67. The second-order valence-corrected chi connectivity index (χ2v) is 7.16. The minimum absolute atomic E-state index is 0.0639. The molecule has 0 spiro atoms. The van der Waals surface area contributed by atoms with Crippen LogP contribution in [0.3, 0.4) is 0 Å². The topological polar surface area (TPSA) is 89.3 Å². The van der Waals surface area contributed by atoms with Gasteiger partial charge in [0.15, 0.2) is 0 Å². The second kappa shape index (κ2) is 8.01. The van der Waals surface area contributed by atoms with Gasteiger partial charge in [-0.15, -0.1) is 0 Å². The Hall–Kier alpha value is -1.40. The normalized spacial score (nSPS) is 12.9. The molecule has 6 heteroatoms. The van der Waals surface area contributed by atoms with E-state index in [-0.39, 0.29) is 18.1 Å². The van der Waals surface area contributed by atoms with Crippen LogP contribution in [0, 0.1) is 0 Å². The SMILES string of the molecule is CS(=O)(=O)CCC(N)C(=O)NCCCc1ccccc1. The summed E-state index contributed by atoms with van der Waals surface area (Å²) < 4.78 is 22.0. The van der Waals surface area contributed by atoms with Crippen LogP contribution >= 0.6 is 0 Å². The molecule has 0 radical (unpaired) electrons. The van der Waals surface area contributed by atoms with Gasteiger partial charge in [0.1, 0.15) is 9.84 Å². The van der Waals surface area contributed by atoms with E-state index in [9.17, 15) is 13.2 Å². The number of rotatable bonds is 8. The van der Waals surface area contributed by atoms with Gasteiger partial charge in [-0.1, -0.05) is 30.3 Å². The first-order valence-electron chi connectivity index (χ1n) is 6.63. The van der Waals surface area contributed by atoms with Crippen molar-refractivity contribution in [1.29, 1.82) is 0 Å². The summed E-state index contributed by atoms with van der Waals surface area (Å²) >= 11 is 0. The minimum atomic E-state index is -3.07. The van der Waals surface area contributed by atoms with Crippen LogP contribution in [-0.2, 0) is 21.1 Å². The molecular formula is C14H22N2O3S. The number of nitrogens with one attached hydrogen (secondary N) is 1. The van der Waals surface area contributed by atoms with Crippen molar-refractivity contribution in [2.45, 2.75) is 25.3 Å². The monoisotopic (exact) mass is 298 g/mol. The van der Waals surface area contributed by atoms with Crippen LogP contribution in [0.4, 0.5) is 0 Å². The predicted molar refractivity (Wildman–Crippen MR) is 80.1 cm³/mol. The summed E-state index contributed by atoms with van der Waals surface area (Å²) in [6, 6.07) is 9.25. The third-order valence-corrected chi connectivity index (χ3v) is 3.90. The average Bonchev–Trinajstić information content (AvgIpc) is 2.41. The smallest absolute Gasteiger partial charge is 0.236 e. The van der Waals surface area contributed by atoms with E-state index in [2.05, 4.69) is 5.32 Å². The van der Waals surface area contributed by atoms with Crippen LogP contribution in [-0.4, -0.2) is 38.9 Å². The number of hydrogen-bond donors (Lipinski definition) is 2. The predicted octanol–water partition coefficient (Wildman–Crippen LogP) is 0.497. The molecule has 0 fully saturated rings. The minimum Gasteiger partial charge on any atom is -0.355 e. The summed E-state index contributed by atoms with van der Waals surface area (Å²) in [7, 11) is -3.07. The van der Waals surface area contributed by atoms with Gasteiger partial charge < -0.3 is 11.1 Å². The summed E-state index contributed by atoms with van der Waals surface area (Å²) in [5, 5.41) is 2.73. The molecule has 0 bridgehead atoms. The standard InChI is InChI=1S/C14H22N2O3S/c1-20(18,19)11-9-13(15)14(17)16-10-5-8-12-6-3-2-4-7-12/h2-4,6-7,13H,5,8-11,15H2,1H3,(H,16,17). The molecule has 0 saturated carbocycles. The van der Waals surface area contributed by atoms with Crippen molar-refractivity contribution in [2.75, 3.05) is 18.6 Å². The first-order valence-corrected chi connectivity index (χ1v) is 8.69. The molecule has 1 aromatic rings. The maximum atomic E-state index is 11.6. The van der Waals surface area contributed by atoms with Crippen LogP contribution < -0.4 is 11.1 Å². The number of benzene rings is 1. The number of carbonyl (C=O) groups is 1. The van der Waals surface area contributed by atoms with Gasteiger partial charge in [-0.25, -0.2) is 8.42 Å². The van der Waals surface area contributed by atoms with E-state index >= 15 is 0 Å². The number of aryl methyl sites for hydroxylation is 1. The zero-order valence-electron chi connectivity index (χ0n) is 11.7.